The predicted molar refractivity (Wildman–Crippen MR) is 80.8 cm³/mol. The summed E-state index contributed by atoms with van der Waals surface area (Å²) in [7, 11) is -3.81. The van der Waals surface area contributed by atoms with Crippen LogP contribution in [0, 0.1) is 0 Å². The van der Waals surface area contributed by atoms with E-state index in [1.807, 2.05) is 0 Å². The van der Waals surface area contributed by atoms with Gasteiger partial charge in [-0.05, 0) is 48.5 Å². The average Bonchev–Trinajstić information content (AvgIpc) is 2.47. The van der Waals surface area contributed by atoms with Crippen LogP contribution in [0.1, 0.15) is 20.7 Å². The third-order valence-electron chi connectivity index (χ3n) is 2.82. The Balaban J connectivity index is 0.00000242. The summed E-state index contributed by atoms with van der Waals surface area (Å²) in [6, 6.07) is 9.57. The number of benzene rings is 2. The molecule has 0 bridgehead atoms. The molecule has 2 aromatic rings. The number of rotatable bonds is 4. The molecule has 2 aromatic carbocycles. The summed E-state index contributed by atoms with van der Waals surface area (Å²) < 4.78 is 24.6. The van der Waals surface area contributed by atoms with Gasteiger partial charge < -0.3 is 10.2 Å². The summed E-state index contributed by atoms with van der Waals surface area (Å²) in [6.45, 7) is 0. The Bertz CT molecular complexity index is 731. The second kappa shape index (κ2) is 7.01. The Morgan fingerprint density at radius 2 is 0.955 bits per heavy atom. The fourth-order valence-corrected chi connectivity index (χ4v) is 2.95. The topological polar surface area (TPSA) is 109 Å². The fourth-order valence-electron chi connectivity index (χ4n) is 1.69. The maximum atomic E-state index is 12.3. The molecule has 2 radical (unpaired) electrons. The van der Waals surface area contributed by atoms with Crippen molar-refractivity contribution in [2.75, 3.05) is 0 Å². The molecule has 0 aliphatic carbocycles. The molecule has 0 atom stereocenters. The van der Waals surface area contributed by atoms with Crippen LogP contribution in [-0.2, 0) is 9.84 Å². The van der Waals surface area contributed by atoms with Gasteiger partial charge in [0, 0.05) is 0 Å². The zero-order chi connectivity index (χ0) is 15.6. The summed E-state index contributed by atoms with van der Waals surface area (Å²) in [6.07, 6.45) is 0. The number of aromatic carboxylic acids is 2. The van der Waals surface area contributed by atoms with Crippen molar-refractivity contribution in [2.45, 2.75) is 9.79 Å². The van der Waals surface area contributed by atoms with Crippen molar-refractivity contribution in [1.82, 2.24) is 0 Å². The summed E-state index contributed by atoms with van der Waals surface area (Å²) in [5, 5.41) is 17.5. The predicted octanol–water partition coefficient (Wildman–Crippen LogP) is 1.000. The van der Waals surface area contributed by atoms with Crippen LogP contribution in [0.15, 0.2) is 58.3 Å². The summed E-state index contributed by atoms with van der Waals surface area (Å²) >= 11 is 0. The average molecular weight is 516 g/mol. The Morgan fingerprint density at radius 3 is 1.18 bits per heavy atom. The van der Waals surface area contributed by atoms with Crippen molar-refractivity contribution in [1.29, 1.82) is 0 Å². The van der Waals surface area contributed by atoms with E-state index in [1.165, 1.54) is 48.5 Å². The SMILES string of the molecule is O=C(O)c1ccc(S(=O)(=O)c2ccc(C(=O)O)cc2)cc1.[PbH2]. The molecule has 0 aliphatic heterocycles. The number of sulfone groups is 1. The van der Waals surface area contributed by atoms with Crippen molar-refractivity contribution >= 4 is 49.1 Å². The number of carboxylic acid groups (broad SMARTS) is 2. The summed E-state index contributed by atoms with van der Waals surface area (Å²) in [5.41, 5.74) is -0.0367. The van der Waals surface area contributed by atoms with E-state index in [4.69, 9.17) is 10.2 Å². The molecule has 2 rings (SSSR count). The molecule has 0 spiro atoms. The molecule has 0 amide bonds. The van der Waals surface area contributed by atoms with Crippen LogP contribution in [-0.4, -0.2) is 57.9 Å². The van der Waals surface area contributed by atoms with Gasteiger partial charge in [0.2, 0.25) is 9.84 Å². The van der Waals surface area contributed by atoms with E-state index in [-0.39, 0.29) is 48.2 Å². The molecule has 22 heavy (non-hydrogen) atoms. The minimum absolute atomic E-state index is 0. The summed E-state index contributed by atoms with van der Waals surface area (Å²) in [5.74, 6) is -2.30. The molecule has 0 aromatic heterocycles. The van der Waals surface area contributed by atoms with Crippen LogP contribution < -0.4 is 0 Å². The minimum atomic E-state index is -3.81. The van der Waals surface area contributed by atoms with Gasteiger partial charge >= 0.3 is 39.2 Å². The van der Waals surface area contributed by atoms with Gasteiger partial charge in [0.1, 0.15) is 0 Å². The molecule has 0 aliphatic rings. The molecule has 0 saturated heterocycles. The van der Waals surface area contributed by atoms with Crippen LogP contribution in [0.5, 0.6) is 0 Å². The van der Waals surface area contributed by atoms with Gasteiger partial charge in [-0.1, -0.05) is 0 Å². The van der Waals surface area contributed by atoms with E-state index in [0.717, 1.165) is 0 Å². The first-order chi connectivity index (χ1) is 9.82. The molecule has 0 unspecified atom stereocenters. The molecule has 6 nitrogen and oxygen atoms in total. The Labute approximate surface area is 146 Å². The van der Waals surface area contributed by atoms with Crippen LogP contribution >= 0.6 is 0 Å². The molecule has 0 saturated carbocycles. The molecule has 2 N–H and O–H groups in total. The zero-order valence-corrected chi connectivity index (χ0v) is 17.6. The van der Waals surface area contributed by atoms with Crippen LogP contribution in [0.25, 0.3) is 0 Å². The second-order valence-corrected chi connectivity index (χ2v) is 6.11. The van der Waals surface area contributed by atoms with Crippen molar-refractivity contribution < 1.29 is 28.2 Å². The molecule has 114 valence electrons. The zero-order valence-electron chi connectivity index (χ0n) is 11.3. The fraction of sp³-hybridized carbons (Fsp3) is 0. The number of hydrogen-bond acceptors (Lipinski definition) is 4. The van der Waals surface area contributed by atoms with Crippen molar-refractivity contribution in [2.24, 2.45) is 0 Å². The second-order valence-electron chi connectivity index (χ2n) is 4.16. The third kappa shape index (κ3) is 3.71. The number of hydrogen-bond donors (Lipinski definition) is 2. The van der Waals surface area contributed by atoms with Gasteiger partial charge in [0.05, 0.1) is 20.9 Å². The van der Waals surface area contributed by atoms with Crippen LogP contribution in [0.3, 0.4) is 0 Å². The third-order valence-corrected chi connectivity index (χ3v) is 4.61. The molecular formula is C14H12O6PbS. The van der Waals surface area contributed by atoms with Crippen molar-refractivity contribution in [3.8, 4) is 0 Å². The van der Waals surface area contributed by atoms with Gasteiger partial charge in [-0.15, -0.1) is 0 Å². The molecule has 0 fully saturated rings. The van der Waals surface area contributed by atoms with Gasteiger partial charge in [-0.2, -0.15) is 0 Å². The van der Waals surface area contributed by atoms with Gasteiger partial charge in [0.25, 0.3) is 0 Å². The van der Waals surface area contributed by atoms with Gasteiger partial charge in [-0.25, -0.2) is 18.0 Å². The maximum absolute atomic E-state index is 12.3. The Morgan fingerprint density at radius 1 is 0.682 bits per heavy atom. The number of carbonyl (C=O) groups is 2. The standard InChI is InChI=1S/C14H10O6S.Pb.2H/c15-13(16)9-1-5-11(6-2-9)21(19,20)12-7-3-10(4-8-12)14(17)18;;;/h1-8H,(H,15,16)(H,17,18);;;. The van der Waals surface area contributed by atoms with Gasteiger partial charge in [-0.3, -0.25) is 0 Å². The molecule has 8 heteroatoms. The van der Waals surface area contributed by atoms with E-state index < -0.39 is 21.8 Å². The van der Waals surface area contributed by atoms with Crippen molar-refractivity contribution in [3.63, 3.8) is 0 Å². The van der Waals surface area contributed by atoms with E-state index in [0.29, 0.717) is 0 Å². The first-order valence-electron chi connectivity index (χ1n) is 5.74. The first kappa shape index (κ1) is 18.3. The van der Waals surface area contributed by atoms with E-state index in [1.54, 1.807) is 0 Å². The van der Waals surface area contributed by atoms with Crippen LogP contribution in [0.4, 0.5) is 0 Å². The number of carboxylic acids is 2. The molecule has 0 heterocycles. The normalized spacial score (nSPS) is 10.5. The van der Waals surface area contributed by atoms with E-state index >= 15 is 0 Å². The van der Waals surface area contributed by atoms with Crippen molar-refractivity contribution in [3.05, 3.63) is 59.7 Å². The monoisotopic (exact) mass is 516 g/mol. The first-order valence-corrected chi connectivity index (χ1v) is 7.22. The molecular weight excluding hydrogens is 503 g/mol. The van der Waals surface area contributed by atoms with E-state index in [9.17, 15) is 18.0 Å². The summed E-state index contributed by atoms with van der Waals surface area (Å²) in [4.78, 5) is 21.3. The van der Waals surface area contributed by atoms with E-state index in [2.05, 4.69) is 0 Å². The Hall–Kier alpha value is -1.75. The Kier molecular flexibility index (Phi) is 5.83. The van der Waals surface area contributed by atoms with Crippen LogP contribution in [0.2, 0.25) is 0 Å². The quantitative estimate of drug-likeness (QED) is 0.589. The van der Waals surface area contributed by atoms with Gasteiger partial charge in [0.15, 0.2) is 0 Å².